The molecule has 2 unspecified atom stereocenters. The molecule has 0 aliphatic heterocycles. The summed E-state index contributed by atoms with van der Waals surface area (Å²) < 4.78 is 10.6. The van der Waals surface area contributed by atoms with Gasteiger partial charge in [-0.25, -0.2) is 4.79 Å². The number of urea groups is 1. The molecule has 0 saturated heterocycles. The summed E-state index contributed by atoms with van der Waals surface area (Å²) in [5.41, 5.74) is 2.03. The zero-order chi connectivity index (χ0) is 19.1. The highest BCUT2D eigenvalue weighted by atomic mass is 16.5. The first-order valence-electron chi connectivity index (χ1n) is 8.82. The van der Waals surface area contributed by atoms with E-state index in [9.17, 15) is 4.79 Å². The van der Waals surface area contributed by atoms with Crippen molar-refractivity contribution in [1.82, 2.24) is 10.2 Å². The Morgan fingerprint density at radius 1 is 1.08 bits per heavy atom. The topological polar surface area (TPSA) is 50.8 Å². The molecule has 0 bridgehead atoms. The van der Waals surface area contributed by atoms with Gasteiger partial charge < -0.3 is 19.7 Å². The minimum Gasteiger partial charge on any atom is -0.497 e. The number of carbonyl (C=O) groups excluding carboxylic acids is 1. The summed E-state index contributed by atoms with van der Waals surface area (Å²) in [7, 11) is 5.08. The predicted molar refractivity (Wildman–Crippen MR) is 104 cm³/mol. The lowest BCUT2D eigenvalue weighted by molar-refractivity contribution is 0.189. The lowest BCUT2D eigenvalue weighted by Crippen LogP contribution is -2.40. The van der Waals surface area contributed by atoms with Crippen molar-refractivity contribution >= 4 is 6.03 Å². The van der Waals surface area contributed by atoms with E-state index < -0.39 is 0 Å². The van der Waals surface area contributed by atoms with Gasteiger partial charge in [0.2, 0.25) is 0 Å². The number of nitrogens with one attached hydrogen (secondary N) is 1. The van der Waals surface area contributed by atoms with Crippen molar-refractivity contribution in [2.75, 3.05) is 21.3 Å². The number of carbonyl (C=O) groups is 1. The Hall–Kier alpha value is -2.69. The van der Waals surface area contributed by atoms with E-state index in [0.29, 0.717) is 0 Å². The largest absolute Gasteiger partial charge is 0.497 e. The fraction of sp³-hybridized carbons (Fsp3) is 0.381. The van der Waals surface area contributed by atoms with E-state index in [1.165, 1.54) is 0 Å². The van der Waals surface area contributed by atoms with Crippen molar-refractivity contribution < 1.29 is 14.3 Å². The Morgan fingerprint density at radius 2 is 1.73 bits per heavy atom. The fourth-order valence-electron chi connectivity index (χ4n) is 2.90. The highest BCUT2D eigenvalue weighted by molar-refractivity contribution is 5.75. The van der Waals surface area contributed by atoms with Crippen molar-refractivity contribution in [2.45, 2.75) is 32.4 Å². The maximum absolute atomic E-state index is 12.8. The second kappa shape index (κ2) is 9.13. The van der Waals surface area contributed by atoms with Gasteiger partial charge in [0.05, 0.1) is 26.3 Å². The highest BCUT2D eigenvalue weighted by Crippen LogP contribution is 2.28. The fourth-order valence-corrected chi connectivity index (χ4v) is 2.90. The van der Waals surface area contributed by atoms with Gasteiger partial charge >= 0.3 is 6.03 Å². The molecule has 2 aromatic rings. The number of amides is 2. The van der Waals surface area contributed by atoms with E-state index in [2.05, 4.69) is 12.2 Å². The van der Waals surface area contributed by atoms with Crippen LogP contribution < -0.4 is 14.8 Å². The molecule has 0 aliphatic rings. The Morgan fingerprint density at radius 3 is 2.31 bits per heavy atom. The van der Waals surface area contributed by atoms with Gasteiger partial charge in [-0.3, -0.25) is 0 Å². The summed E-state index contributed by atoms with van der Waals surface area (Å²) in [5, 5.41) is 3.11. The van der Waals surface area contributed by atoms with Gasteiger partial charge in [0.1, 0.15) is 11.5 Å². The van der Waals surface area contributed by atoms with Gasteiger partial charge in [0.15, 0.2) is 0 Å². The van der Waals surface area contributed by atoms with E-state index in [1.807, 2.05) is 55.5 Å². The number of ether oxygens (including phenoxy) is 2. The zero-order valence-electron chi connectivity index (χ0n) is 16.2. The maximum atomic E-state index is 12.8. The van der Waals surface area contributed by atoms with E-state index in [0.717, 1.165) is 29.0 Å². The van der Waals surface area contributed by atoms with Crippen LogP contribution in [0.15, 0.2) is 48.5 Å². The summed E-state index contributed by atoms with van der Waals surface area (Å²) in [4.78, 5) is 14.5. The first-order valence-corrected chi connectivity index (χ1v) is 8.82. The molecule has 0 fully saturated rings. The molecule has 2 atom stereocenters. The van der Waals surface area contributed by atoms with Gasteiger partial charge in [-0.2, -0.15) is 0 Å². The van der Waals surface area contributed by atoms with Crippen LogP contribution in [0.3, 0.4) is 0 Å². The summed E-state index contributed by atoms with van der Waals surface area (Å²) in [5.74, 6) is 1.58. The molecule has 26 heavy (non-hydrogen) atoms. The van der Waals surface area contributed by atoms with E-state index in [-0.39, 0.29) is 18.1 Å². The van der Waals surface area contributed by atoms with E-state index in [4.69, 9.17) is 9.47 Å². The average molecular weight is 356 g/mol. The van der Waals surface area contributed by atoms with Crippen molar-refractivity contribution in [2.24, 2.45) is 0 Å². The van der Waals surface area contributed by atoms with Crippen LogP contribution in [0, 0.1) is 0 Å². The molecule has 5 heteroatoms. The minimum absolute atomic E-state index is 0.0549. The third kappa shape index (κ3) is 4.48. The van der Waals surface area contributed by atoms with Crippen LogP contribution in [0.4, 0.5) is 4.79 Å². The molecule has 2 rings (SSSR count). The zero-order valence-corrected chi connectivity index (χ0v) is 16.2. The number of methoxy groups -OCH3 is 2. The molecule has 5 nitrogen and oxygen atoms in total. The van der Waals surface area contributed by atoms with Gasteiger partial charge in [-0.15, -0.1) is 0 Å². The standard InChI is InChI=1S/C21H28N2O3/c1-6-19(16-11-13-17(25-4)14-12-16)22-21(24)23(3)15(2)18-9-7-8-10-20(18)26-5/h7-15,19H,6H2,1-5H3,(H,22,24). The van der Waals surface area contributed by atoms with Crippen LogP contribution in [0.1, 0.15) is 43.5 Å². The van der Waals surface area contributed by atoms with Crippen LogP contribution in [0.2, 0.25) is 0 Å². The number of para-hydroxylation sites is 1. The van der Waals surface area contributed by atoms with Crippen LogP contribution in [-0.2, 0) is 0 Å². The molecule has 2 aromatic carbocycles. The molecule has 0 spiro atoms. The predicted octanol–water partition coefficient (Wildman–Crippen LogP) is 4.56. The summed E-state index contributed by atoms with van der Waals surface area (Å²) in [6.07, 6.45) is 0.801. The van der Waals surface area contributed by atoms with Crippen molar-refractivity contribution in [3.63, 3.8) is 0 Å². The first kappa shape index (κ1) is 19.6. The maximum Gasteiger partial charge on any atom is 0.318 e. The number of hydrogen-bond donors (Lipinski definition) is 1. The SMILES string of the molecule is CCC(NC(=O)N(C)C(C)c1ccccc1OC)c1ccc(OC)cc1. The van der Waals surface area contributed by atoms with Gasteiger partial charge in [0.25, 0.3) is 0 Å². The lowest BCUT2D eigenvalue weighted by atomic mass is 10.0. The minimum atomic E-state index is -0.119. The second-order valence-electron chi connectivity index (χ2n) is 6.21. The quantitative estimate of drug-likeness (QED) is 0.791. The summed E-state index contributed by atoms with van der Waals surface area (Å²) in [6.45, 7) is 4.05. The van der Waals surface area contributed by atoms with Gasteiger partial charge in [-0.05, 0) is 37.1 Å². The number of rotatable bonds is 7. The molecular formula is C21H28N2O3. The highest BCUT2D eigenvalue weighted by Gasteiger charge is 2.22. The van der Waals surface area contributed by atoms with Crippen molar-refractivity contribution in [3.05, 3.63) is 59.7 Å². The third-order valence-corrected chi connectivity index (χ3v) is 4.71. The molecule has 0 aromatic heterocycles. The summed E-state index contributed by atoms with van der Waals surface area (Å²) in [6, 6.07) is 15.3. The van der Waals surface area contributed by atoms with Crippen LogP contribution in [0.25, 0.3) is 0 Å². The monoisotopic (exact) mass is 356 g/mol. The average Bonchev–Trinajstić information content (AvgIpc) is 2.70. The number of nitrogens with zero attached hydrogens (tertiary/aromatic N) is 1. The van der Waals surface area contributed by atoms with Crippen LogP contribution in [-0.4, -0.2) is 32.2 Å². The molecular weight excluding hydrogens is 328 g/mol. The van der Waals surface area contributed by atoms with Gasteiger partial charge in [0, 0.05) is 12.6 Å². The van der Waals surface area contributed by atoms with Gasteiger partial charge in [-0.1, -0.05) is 37.3 Å². The number of benzene rings is 2. The second-order valence-corrected chi connectivity index (χ2v) is 6.21. The normalized spacial score (nSPS) is 12.8. The first-order chi connectivity index (χ1) is 12.5. The Bertz CT molecular complexity index is 715. The van der Waals surface area contributed by atoms with Crippen molar-refractivity contribution in [1.29, 1.82) is 0 Å². The summed E-state index contributed by atoms with van der Waals surface area (Å²) >= 11 is 0. The molecule has 2 amide bonds. The molecule has 140 valence electrons. The number of hydrogen-bond acceptors (Lipinski definition) is 3. The van der Waals surface area contributed by atoms with E-state index >= 15 is 0 Å². The van der Waals surface area contributed by atoms with Crippen LogP contribution >= 0.6 is 0 Å². The lowest BCUT2D eigenvalue weighted by Gasteiger charge is -2.29. The Kier molecular flexibility index (Phi) is 6.89. The van der Waals surface area contributed by atoms with Crippen LogP contribution in [0.5, 0.6) is 11.5 Å². The smallest absolute Gasteiger partial charge is 0.318 e. The molecule has 0 heterocycles. The molecule has 1 N–H and O–H groups in total. The molecule has 0 saturated carbocycles. The molecule has 0 radical (unpaired) electrons. The Balaban J connectivity index is 2.10. The Labute approximate surface area is 155 Å². The van der Waals surface area contributed by atoms with E-state index in [1.54, 1.807) is 26.2 Å². The molecule has 0 aliphatic carbocycles. The van der Waals surface area contributed by atoms with Crippen molar-refractivity contribution in [3.8, 4) is 11.5 Å². The third-order valence-electron chi connectivity index (χ3n) is 4.71.